The normalized spacial score (nSPS) is 11.1. The number of amidine groups is 1. The molecule has 0 radical (unpaired) electrons. The third-order valence-electron chi connectivity index (χ3n) is 2.80. The summed E-state index contributed by atoms with van der Waals surface area (Å²) in [7, 11) is 3.21. The molecular weight excluding hydrogens is 254 g/mol. The van der Waals surface area contributed by atoms with Gasteiger partial charge in [-0.2, -0.15) is 0 Å². The Morgan fingerprint density at radius 3 is 2.40 bits per heavy atom. The van der Waals surface area contributed by atoms with Gasteiger partial charge in [0.1, 0.15) is 11.5 Å². The molecule has 0 saturated heterocycles. The Bertz CT molecular complexity index is 597. The number of hydrogen-bond donors (Lipinski definition) is 2. The molecular formula is C15H17N3O2. The van der Waals surface area contributed by atoms with Crippen LogP contribution in [0.4, 0.5) is 5.69 Å². The van der Waals surface area contributed by atoms with Gasteiger partial charge in [-0.1, -0.05) is 18.2 Å². The first-order chi connectivity index (χ1) is 9.78. The molecule has 20 heavy (non-hydrogen) atoms. The summed E-state index contributed by atoms with van der Waals surface area (Å²) >= 11 is 0. The van der Waals surface area contributed by atoms with E-state index in [-0.39, 0.29) is 0 Å². The lowest BCUT2D eigenvalue weighted by Crippen LogP contribution is -2.31. The van der Waals surface area contributed by atoms with Crippen LogP contribution < -0.4 is 20.7 Å². The Morgan fingerprint density at radius 1 is 1.05 bits per heavy atom. The number of methoxy groups -OCH3 is 2. The van der Waals surface area contributed by atoms with Gasteiger partial charge in [0.2, 0.25) is 0 Å². The highest BCUT2D eigenvalue weighted by Crippen LogP contribution is 2.25. The summed E-state index contributed by atoms with van der Waals surface area (Å²) in [6.07, 6.45) is 0. The lowest BCUT2D eigenvalue weighted by molar-refractivity contribution is 0.402. The van der Waals surface area contributed by atoms with Crippen LogP contribution in [0.15, 0.2) is 53.5 Å². The zero-order chi connectivity index (χ0) is 14.4. The molecule has 2 rings (SSSR count). The topological polar surface area (TPSA) is 68.9 Å². The minimum absolute atomic E-state index is 0.506. The van der Waals surface area contributed by atoms with Gasteiger partial charge in [-0.15, -0.1) is 0 Å². The molecule has 0 atom stereocenters. The van der Waals surface area contributed by atoms with Gasteiger partial charge in [0.15, 0.2) is 5.84 Å². The van der Waals surface area contributed by atoms with Crippen LogP contribution in [0.1, 0.15) is 5.56 Å². The fourth-order valence-corrected chi connectivity index (χ4v) is 1.80. The molecule has 5 heteroatoms. The predicted molar refractivity (Wildman–Crippen MR) is 79.5 cm³/mol. The van der Waals surface area contributed by atoms with Crippen molar-refractivity contribution >= 4 is 11.5 Å². The van der Waals surface area contributed by atoms with E-state index in [1.165, 1.54) is 0 Å². The van der Waals surface area contributed by atoms with Crippen LogP contribution in [0.3, 0.4) is 0 Å². The number of aliphatic imine (C=N–C) groups is 1. The summed E-state index contributed by atoms with van der Waals surface area (Å²) in [4.78, 5) is 4.48. The second-order valence-corrected chi connectivity index (χ2v) is 4.01. The van der Waals surface area contributed by atoms with E-state index in [1.807, 2.05) is 48.5 Å². The first-order valence-electron chi connectivity index (χ1n) is 6.11. The maximum Gasteiger partial charge on any atom is 0.151 e. The van der Waals surface area contributed by atoms with Crippen LogP contribution >= 0.6 is 0 Å². The summed E-state index contributed by atoms with van der Waals surface area (Å²) in [5.74, 6) is 7.47. The monoisotopic (exact) mass is 271 g/mol. The highest BCUT2D eigenvalue weighted by atomic mass is 16.5. The van der Waals surface area contributed by atoms with Crippen LogP contribution in [0, 0.1) is 0 Å². The number of ether oxygens (including phenoxy) is 2. The van der Waals surface area contributed by atoms with Gasteiger partial charge < -0.3 is 14.9 Å². The summed E-state index contributed by atoms with van der Waals surface area (Å²) in [5, 5.41) is 0. The van der Waals surface area contributed by atoms with Gasteiger partial charge >= 0.3 is 0 Å². The first kappa shape index (κ1) is 13.9. The molecule has 0 bridgehead atoms. The zero-order valence-corrected chi connectivity index (χ0v) is 11.5. The number of nitrogens with one attached hydrogen (secondary N) is 1. The molecule has 0 spiro atoms. The standard InChI is InChI=1S/C15H17N3O2/c1-19-12-8-9-14(20-2)13(10-12)15(18-16)17-11-6-4-3-5-7-11/h3-10H,16H2,1-2H3,(H,17,18). The maximum atomic E-state index is 5.59. The van der Waals surface area contributed by atoms with E-state index in [4.69, 9.17) is 15.3 Å². The molecule has 0 aliphatic rings. The third kappa shape index (κ3) is 3.07. The molecule has 2 aromatic rings. The van der Waals surface area contributed by atoms with E-state index >= 15 is 0 Å². The van der Waals surface area contributed by atoms with Crippen molar-refractivity contribution in [1.82, 2.24) is 5.43 Å². The molecule has 0 amide bonds. The van der Waals surface area contributed by atoms with E-state index in [0.29, 0.717) is 17.3 Å². The van der Waals surface area contributed by atoms with Crippen molar-refractivity contribution in [2.75, 3.05) is 14.2 Å². The number of nitrogens with two attached hydrogens (primary N) is 1. The average molecular weight is 271 g/mol. The summed E-state index contributed by atoms with van der Waals surface area (Å²) in [6, 6.07) is 15.0. The van der Waals surface area contributed by atoms with E-state index in [2.05, 4.69) is 10.4 Å². The van der Waals surface area contributed by atoms with Crippen LogP contribution in [-0.2, 0) is 0 Å². The molecule has 0 aliphatic heterocycles. The number of para-hydroxylation sites is 1. The van der Waals surface area contributed by atoms with Crippen LogP contribution in [0.25, 0.3) is 0 Å². The molecule has 0 heterocycles. The molecule has 0 aliphatic carbocycles. The SMILES string of the molecule is COc1ccc(OC)c(C(=Nc2ccccc2)NN)c1. The average Bonchev–Trinajstić information content (AvgIpc) is 2.53. The summed E-state index contributed by atoms with van der Waals surface area (Å²) in [6.45, 7) is 0. The van der Waals surface area contributed by atoms with E-state index in [9.17, 15) is 0 Å². The van der Waals surface area contributed by atoms with E-state index in [0.717, 1.165) is 11.3 Å². The van der Waals surface area contributed by atoms with Gasteiger partial charge in [-0.3, -0.25) is 0 Å². The Labute approximate surface area is 118 Å². The van der Waals surface area contributed by atoms with Crippen molar-refractivity contribution in [2.45, 2.75) is 0 Å². The number of hydrazine groups is 1. The van der Waals surface area contributed by atoms with Crippen LogP contribution in [-0.4, -0.2) is 20.1 Å². The van der Waals surface area contributed by atoms with Crippen LogP contribution in [0.2, 0.25) is 0 Å². The van der Waals surface area contributed by atoms with Gasteiger partial charge in [0.25, 0.3) is 0 Å². The third-order valence-corrected chi connectivity index (χ3v) is 2.80. The van der Waals surface area contributed by atoms with Crippen molar-refractivity contribution in [2.24, 2.45) is 10.8 Å². The Balaban J connectivity index is 2.48. The largest absolute Gasteiger partial charge is 0.497 e. The molecule has 0 aromatic heterocycles. The lowest BCUT2D eigenvalue weighted by Gasteiger charge is -2.12. The zero-order valence-electron chi connectivity index (χ0n) is 11.5. The van der Waals surface area contributed by atoms with Gasteiger partial charge in [0, 0.05) is 0 Å². The maximum absolute atomic E-state index is 5.59. The van der Waals surface area contributed by atoms with Crippen molar-refractivity contribution in [1.29, 1.82) is 0 Å². The second kappa shape index (κ2) is 6.58. The van der Waals surface area contributed by atoms with Crippen molar-refractivity contribution in [3.63, 3.8) is 0 Å². The van der Waals surface area contributed by atoms with Crippen molar-refractivity contribution < 1.29 is 9.47 Å². The van der Waals surface area contributed by atoms with E-state index in [1.54, 1.807) is 14.2 Å². The smallest absolute Gasteiger partial charge is 0.151 e. The molecule has 3 N–H and O–H groups in total. The number of benzene rings is 2. The Kier molecular flexibility index (Phi) is 4.57. The van der Waals surface area contributed by atoms with Crippen LogP contribution in [0.5, 0.6) is 11.5 Å². The fraction of sp³-hybridized carbons (Fsp3) is 0.133. The minimum atomic E-state index is 0.506. The number of hydrogen-bond acceptors (Lipinski definition) is 4. The van der Waals surface area contributed by atoms with Crippen molar-refractivity contribution in [3.8, 4) is 11.5 Å². The summed E-state index contributed by atoms with van der Waals surface area (Å²) < 4.78 is 10.6. The molecule has 0 unspecified atom stereocenters. The van der Waals surface area contributed by atoms with Crippen molar-refractivity contribution in [3.05, 3.63) is 54.1 Å². The first-order valence-corrected chi connectivity index (χ1v) is 6.11. The van der Waals surface area contributed by atoms with Gasteiger partial charge in [-0.25, -0.2) is 10.8 Å². The number of rotatable bonds is 4. The summed E-state index contributed by atoms with van der Waals surface area (Å²) in [5.41, 5.74) is 4.14. The molecule has 0 fully saturated rings. The predicted octanol–water partition coefficient (Wildman–Crippen LogP) is 2.25. The quantitative estimate of drug-likeness (QED) is 0.387. The lowest BCUT2D eigenvalue weighted by atomic mass is 10.1. The molecule has 2 aromatic carbocycles. The Morgan fingerprint density at radius 2 is 1.80 bits per heavy atom. The van der Waals surface area contributed by atoms with Gasteiger partial charge in [-0.05, 0) is 30.3 Å². The minimum Gasteiger partial charge on any atom is -0.497 e. The molecule has 104 valence electrons. The Hall–Kier alpha value is -2.53. The second-order valence-electron chi connectivity index (χ2n) is 4.01. The molecule has 0 saturated carbocycles. The molecule has 5 nitrogen and oxygen atoms in total. The highest BCUT2D eigenvalue weighted by Gasteiger charge is 2.11. The van der Waals surface area contributed by atoms with E-state index < -0.39 is 0 Å². The highest BCUT2D eigenvalue weighted by molar-refractivity contribution is 6.02. The number of nitrogens with zero attached hydrogens (tertiary/aromatic N) is 1. The fourth-order valence-electron chi connectivity index (χ4n) is 1.80. The van der Waals surface area contributed by atoms with Gasteiger partial charge in [0.05, 0.1) is 25.5 Å².